The lowest BCUT2D eigenvalue weighted by Crippen LogP contribution is -2.21. The number of aliphatic hydroxyl groups is 2. The maximum atomic E-state index is 12.1. The number of halogens is 3. The van der Waals surface area contributed by atoms with Gasteiger partial charge in [-0.15, -0.1) is 0 Å². The van der Waals surface area contributed by atoms with E-state index in [9.17, 15) is 13.2 Å². The molecule has 14 heavy (non-hydrogen) atoms. The van der Waals surface area contributed by atoms with Gasteiger partial charge in [0.15, 0.2) is 6.10 Å². The molecule has 0 radical (unpaired) electrons. The largest absolute Gasteiger partial charge is 0.418 e. The Morgan fingerprint density at radius 1 is 1.21 bits per heavy atom. The molecule has 0 heterocycles. The van der Waals surface area contributed by atoms with E-state index in [0.29, 0.717) is 0 Å². The number of alkyl halides is 3. The molecule has 78 valence electrons. The Kier molecular flexibility index (Phi) is 3.13. The van der Waals surface area contributed by atoms with E-state index in [1.54, 1.807) is 0 Å². The lowest BCUT2D eigenvalue weighted by molar-refractivity contribution is -0.207. The highest BCUT2D eigenvalue weighted by atomic mass is 19.4. The zero-order chi connectivity index (χ0) is 10.8. The molecule has 1 unspecified atom stereocenters. The first kappa shape index (κ1) is 11.0. The number of aliphatic hydroxyl groups excluding tert-OH is 2. The second-order valence-electron chi connectivity index (χ2n) is 2.80. The van der Waals surface area contributed by atoms with Crippen molar-refractivity contribution in [1.29, 1.82) is 0 Å². The van der Waals surface area contributed by atoms with Crippen LogP contribution < -0.4 is 0 Å². The van der Waals surface area contributed by atoms with Gasteiger partial charge in [-0.2, -0.15) is 13.2 Å². The van der Waals surface area contributed by atoms with Crippen molar-refractivity contribution in [2.75, 3.05) is 0 Å². The van der Waals surface area contributed by atoms with Crippen LogP contribution in [-0.4, -0.2) is 16.4 Å². The van der Waals surface area contributed by atoms with Crippen LogP contribution >= 0.6 is 0 Å². The summed E-state index contributed by atoms with van der Waals surface area (Å²) < 4.78 is 36.4. The second-order valence-corrected chi connectivity index (χ2v) is 2.80. The minimum atomic E-state index is -4.70. The lowest BCUT2D eigenvalue weighted by atomic mass is 10.0. The van der Waals surface area contributed by atoms with Crippen LogP contribution in [0.4, 0.5) is 13.2 Å². The highest BCUT2D eigenvalue weighted by Gasteiger charge is 2.40. The maximum absolute atomic E-state index is 12.1. The molecule has 2 N–H and O–H groups in total. The van der Waals surface area contributed by atoms with Gasteiger partial charge in [0.2, 0.25) is 0 Å². The van der Waals surface area contributed by atoms with Crippen molar-refractivity contribution in [2.45, 2.75) is 18.9 Å². The van der Waals surface area contributed by atoms with Crippen LogP contribution in [-0.2, 0) is 6.61 Å². The number of hydrogen-bond acceptors (Lipinski definition) is 2. The molecule has 0 aromatic heterocycles. The SMILES string of the molecule is OCc1ccccc1C(O)C(F)(F)F. The first-order chi connectivity index (χ1) is 6.46. The Morgan fingerprint density at radius 3 is 2.29 bits per heavy atom. The Labute approximate surface area is 78.6 Å². The normalized spacial score (nSPS) is 14.1. The van der Waals surface area contributed by atoms with Crippen molar-refractivity contribution in [1.82, 2.24) is 0 Å². The van der Waals surface area contributed by atoms with Gasteiger partial charge in [0.25, 0.3) is 0 Å². The average molecular weight is 206 g/mol. The predicted molar refractivity (Wildman–Crippen MR) is 43.4 cm³/mol. The molecule has 0 bridgehead atoms. The van der Waals surface area contributed by atoms with E-state index in [1.807, 2.05) is 0 Å². The monoisotopic (exact) mass is 206 g/mol. The summed E-state index contributed by atoms with van der Waals surface area (Å²) in [6.45, 7) is -0.524. The summed E-state index contributed by atoms with van der Waals surface area (Å²) in [6.07, 6.45) is -7.24. The van der Waals surface area contributed by atoms with Gasteiger partial charge in [0.1, 0.15) is 0 Å². The Bertz CT molecular complexity index is 309. The highest BCUT2D eigenvalue weighted by molar-refractivity contribution is 5.29. The fourth-order valence-electron chi connectivity index (χ4n) is 1.12. The minimum absolute atomic E-state index is 0.0809. The third-order valence-corrected chi connectivity index (χ3v) is 1.83. The molecule has 1 aromatic carbocycles. The summed E-state index contributed by atoms with van der Waals surface area (Å²) in [4.78, 5) is 0. The predicted octanol–water partition coefficient (Wildman–Crippen LogP) is 1.77. The zero-order valence-electron chi connectivity index (χ0n) is 7.12. The van der Waals surface area contributed by atoms with E-state index in [-0.39, 0.29) is 11.1 Å². The molecule has 0 amide bonds. The number of hydrogen-bond donors (Lipinski definition) is 2. The molecular weight excluding hydrogens is 197 g/mol. The third-order valence-electron chi connectivity index (χ3n) is 1.83. The third kappa shape index (κ3) is 2.24. The van der Waals surface area contributed by atoms with Crippen LogP contribution in [0.2, 0.25) is 0 Å². The molecule has 0 aliphatic rings. The quantitative estimate of drug-likeness (QED) is 0.774. The molecule has 0 fully saturated rings. The summed E-state index contributed by atoms with van der Waals surface area (Å²) >= 11 is 0. The van der Waals surface area contributed by atoms with Crippen LogP contribution in [0.15, 0.2) is 24.3 Å². The molecule has 0 aliphatic heterocycles. The summed E-state index contributed by atoms with van der Waals surface area (Å²) in [5, 5.41) is 17.7. The van der Waals surface area contributed by atoms with Crippen LogP contribution in [0.3, 0.4) is 0 Å². The Morgan fingerprint density at radius 2 is 1.79 bits per heavy atom. The molecule has 1 rings (SSSR count). The van der Waals surface area contributed by atoms with Crippen LogP contribution in [0.1, 0.15) is 17.2 Å². The molecule has 5 heteroatoms. The van der Waals surface area contributed by atoms with Crippen molar-refractivity contribution in [3.05, 3.63) is 35.4 Å². The van der Waals surface area contributed by atoms with Gasteiger partial charge in [-0.3, -0.25) is 0 Å². The van der Waals surface area contributed by atoms with Gasteiger partial charge in [0.05, 0.1) is 6.61 Å². The standard InChI is InChI=1S/C9H9F3O2/c10-9(11,12)8(14)7-4-2-1-3-6(7)5-13/h1-4,8,13-14H,5H2. The first-order valence-corrected chi connectivity index (χ1v) is 3.90. The maximum Gasteiger partial charge on any atom is 0.418 e. The Balaban J connectivity index is 3.06. The van der Waals surface area contributed by atoms with E-state index < -0.39 is 18.9 Å². The highest BCUT2D eigenvalue weighted by Crippen LogP contribution is 2.33. The van der Waals surface area contributed by atoms with Gasteiger partial charge in [-0.1, -0.05) is 24.3 Å². The van der Waals surface area contributed by atoms with Gasteiger partial charge in [-0.25, -0.2) is 0 Å². The van der Waals surface area contributed by atoms with Crippen molar-refractivity contribution >= 4 is 0 Å². The molecule has 0 saturated carbocycles. The van der Waals surface area contributed by atoms with Crippen LogP contribution in [0.25, 0.3) is 0 Å². The van der Waals surface area contributed by atoms with Crippen molar-refractivity contribution in [2.24, 2.45) is 0 Å². The van der Waals surface area contributed by atoms with E-state index in [1.165, 1.54) is 18.2 Å². The fourth-order valence-corrected chi connectivity index (χ4v) is 1.12. The topological polar surface area (TPSA) is 40.5 Å². The second kappa shape index (κ2) is 3.98. The van der Waals surface area contributed by atoms with Gasteiger partial charge < -0.3 is 10.2 Å². The minimum Gasteiger partial charge on any atom is -0.392 e. The molecule has 0 saturated heterocycles. The summed E-state index contributed by atoms with van der Waals surface area (Å²) in [7, 11) is 0. The van der Waals surface area contributed by atoms with Crippen molar-refractivity contribution < 1.29 is 23.4 Å². The van der Waals surface area contributed by atoms with Crippen LogP contribution in [0, 0.1) is 0 Å². The van der Waals surface area contributed by atoms with E-state index in [0.717, 1.165) is 6.07 Å². The van der Waals surface area contributed by atoms with Gasteiger partial charge in [0, 0.05) is 0 Å². The van der Waals surface area contributed by atoms with E-state index in [4.69, 9.17) is 10.2 Å². The number of rotatable bonds is 2. The summed E-state index contributed by atoms with van der Waals surface area (Å²) in [6, 6.07) is 5.36. The van der Waals surface area contributed by atoms with E-state index in [2.05, 4.69) is 0 Å². The first-order valence-electron chi connectivity index (χ1n) is 3.90. The average Bonchev–Trinajstić information content (AvgIpc) is 2.15. The Hall–Kier alpha value is -1.07. The molecule has 2 nitrogen and oxygen atoms in total. The van der Waals surface area contributed by atoms with Crippen molar-refractivity contribution in [3.63, 3.8) is 0 Å². The molecular formula is C9H9F3O2. The van der Waals surface area contributed by atoms with Crippen molar-refractivity contribution in [3.8, 4) is 0 Å². The lowest BCUT2D eigenvalue weighted by Gasteiger charge is -2.17. The smallest absolute Gasteiger partial charge is 0.392 e. The fraction of sp³-hybridized carbons (Fsp3) is 0.333. The summed E-state index contributed by atoms with van der Waals surface area (Å²) in [5.74, 6) is 0. The number of benzene rings is 1. The van der Waals surface area contributed by atoms with Crippen LogP contribution in [0.5, 0.6) is 0 Å². The van der Waals surface area contributed by atoms with Gasteiger partial charge >= 0.3 is 6.18 Å². The molecule has 1 aromatic rings. The zero-order valence-corrected chi connectivity index (χ0v) is 7.12. The molecule has 1 atom stereocenters. The van der Waals surface area contributed by atoms with Gasteiger partial charge in [-0.05, 0) is 11.1 Å². The molecule has 0 aliphatic carbocycles. The summed E-state index contributed by atoms with van der Waals surface area (Å²) in [5.41, 5.74) is -0.222. The van der Waals surface area contributed by atoms with E-state index >= 15 is 0 Å². The molecule has 0 spiro atoms.